The van der Waals surface area contributed by atoms with Crippen LogP contribution in [-0.4, -0.2) is 6.61 Å². The summed E-state index contributed by atoms with van der Waals surface area (Å²) in [6.07, 6.45) is 16.7. The minimum absolute atomic E-state index is 0.381. The summed E-state index contributed by atoms with van der Waals surface area (Å²) in [5.41, 5.74) is 1.26. The molecule has 0 aliphatic heterocycles. The van der Waals surface area contributed by atoms with E-state index >= 15 is 0 Å². The molecule has 1 heteroatoms. The molecule has 0 bridgehead atoms. The first-order valence-corrected chi connectivity index (χ1v) is 10.2. The standard InChI is InChI=1S/C23H40O/c1-2-3-4-5-6-7-8-9-10-11-12-13-14-18-21-24-22-23-19-16-15-17-20-23/h15-17,19-20H,2-14,18,21-22H2,1H3/i1D3. The highest BCUT2D eigenvalue weighted by Gasteiger charge is 1.95. The molecule has 138 valence electrons. The highest BCUT2D eigenvalue weighted by atomic mass is 16.5. The fourth-order valence-corrected chi connectivity index (χ4v) is 3.04. The molecule has 1 aromatic rings. The molecule has 0 radical (unpaired) electrons. The molecule has 0 aliphatic carbocycles. The van der Waals surface area contributed by atoms with Gasteiger partial charge in [0.15, 0.2) is 0 Å². The van der Waals surface area contributed by atoms with Gasteiger partial charge in [-0.25, -0.2) is 0 Å². The third-order valence-electron chi connectivity index (χ3n) is 4.58. The molecule has 0 atom stereocenters. The zero-order valence-corrected chi connectivity index (χ0v) is 15.6. The lowest BCUT2D eigenvalue weighted by Gasteiger charge is -2.05. The van der Waals surface area contributed by atoms with Crippen LogP contribution in [0.25, 0.3) is 0 Å². The van der Waals surface area contributed by atoms with Crippen LogP contribution < -0.4 is 0 Å². The molecule has 1 aromatic carbocycles. The largest absolute Gasteiger partial charge is 0.377 e. The Bertz CT molecular complexity index is 431. The van der Waals surface area contributed by atoms with Gasteiger partial charge in [-0.05, 0) is 12.0 Å². The summed E-state index contributed by atoms with van der Waals surface area (Å²) in [7, 11) is 0. The monoisotopic (exact) mass is 335 g/mol. The summed E-state index contributed by atoms with van der Waals surface area (Å²) >= 11 is 0. The van der Waals surface area contributed by atoms with Gasteiger partial charge < -0.3 is 4.74 Å². The van der Waals surface area contributed by atoms with Gasteiger partial charge in [0, 0.05) is 10.7 Å². The second kappa shape index (κ2) is 17.0. The minimum atomic E-state index is -1.73. The summed E-state index contributed by atoms with van der Waals surface area (Å²) in [5, 5.41) is 0. The summed E-state index contributed by atoms with van der Waals surface area (Å²) in [5.74, 6) is 0. The highest BCUT2D eigenvalue weighted by Crippen LogP contribution is 2.13. The van der Waals surface area contributed by atoms with Crippen molar-refractivity contribution in [1.29, 1.82) is 0 Å². The second-order valence-electron chi connectivity index (χ2n) is 6.88. The smallest absolute Gasteiger partial charge is 0.0716 e. The van der Waals surface area contributed by atoms with E-state index in [0.29, 0.717) is 6.42 Å². The van der Waals surface area contributed by atoms with Gasteiger partial charge in [0.05, 0.1) is 6.61 Å². The third kappa shape index (κ3) is 13.6. The van der Waals surface area contributed by atoms with Crippen LogP contribution in [0.15, 0.2) is 30.3 Å². The van der Waals surface area contributed by atoms with Crippen molar-refractivity contribution in [3.8, 4) is 0 Å². The van der Waals surface area contributed by atoms with E-state index in [1.165, 1.54) is 76.2 Å². The average molecular weight is 336 g/mol. The molecule has 0 spiro atoms. The first kappa shape index (κ1) is 16.6. The first-order valence-electron chi connectivity index (χ1n) is 11.7. The van der Waals surface area contributed by atoms with Crippen molar-refractivity contribution in [2.45, 2.75) is 103 Å². The van der Waals surface area contributed by atoms with Gasteiger partial charge in [-0.15, -0.1) is 0 Å². The lowest BCUT2D eigenvalue weighted by molar-refractivity contribution is 0.116. The molecule has 0 aliphatic rings. The van der Waals surface area contributed by atoms with Crippen molar-refractivity contribution in [1.82, 2.24) is 0 Å². The predicted octanol–water partition coefficient (Wildman–Crippen LogP) is 7.68. The van der Waals surface area contributed by atoms with Crippen molar-refractivity contribution in [3.63, 3.8) is 0 Å². The normalized spacial score (nSPS) is 13.4. The molecule has 1 nitrogen and oxygen atoms in total. The first-order chi connectivity index (χ1) is 13.1. The van der Waals surface area contributed by atoms with E-state index in [-0.39, 0.29) is 0 Å². The molecule has 0 aromatic heterocycles. The van der Waals surface area contributed by atoms with Gasteiger partial charge in [0.1, 0.15) is 0 Å². The van der Waals surface area contributed by atoms with Crippen LogP contribution in [0.4, 0.5) is 0 Å². The fraction of sp³-hybridized carbons (Fsp3) is 0.739. The van der Waals surface area contributed by atoms with Gasteiger partial charge >= 0.3 is 0 Å². The molecule has 0 unspecified atom stereocenters. The summed E-state index contributed by atoms with van der Waals surface area (Å²) < 4.78 is 27.2. The fourth-order valence-electron chi connectivity index (χ4n) is 3.04. The zero-order chi connectivity index (χ0) is 19.6. The Morgan fingerprint density at radius 3 is 1.71 bits per heavy atom. The number of unbranched alkanes of at least 4 members (excludes halogenated alkanes) is 12. The maximum atomic E-state index is 7.17. The van der Waals surface area contributed by atoms with Crippen molar-refractivity contribution < 1.29 is 8.85 Å². The Labute approximate surface area is 155 Å². The predicted molar refractivity (Wildman–Crippen MR) is 106 cm³/mol. The van der Waals surface area contributed by atoms with Crippen LogP contribution in [-0.2, 0) is 11.3 Å². The minimum Gasteiger partial charge on any atom is -0.377 e. The van der Waals surface area contributed by atoms with Crippen molar-refractivity contribution in [2.75, 3.05) is 6.61 Å². The SMILES string of the molecule is [2H]C([2H])([2H])CCCCCCCCCCCCCCCOCc1ccccc1. The van der Waals surface area contributed by atoms with Crippen LogP contribution in [0.3, 0.4) is 0 Å². The van der Waals surface area contributed by atoms with Gasteiger partial charge in [0.25, 0.3) is 0 Å². The van der Waals surface area contributed by atoms with Crippen LogP contribution in [0.1, 0.15) is 106 Å². The zero-order valence-electron chi connectivity index (χ0n) is 18.6. The maximum absolute atomic E-state index is 7.17. The van der Waals surface area contributed by atoms with Crippen molar-refractivity contribution in [2.24, 2.45) is 0 Å². The lowest BCUT2D eigenvalue weighted by Crippen LogP contribution is -1.95. The van der Waals surface area contributed by atoms with Gasteiger partial charge in [-0.1, -0.05) is 121 Å². The Kier molecular flexibility index (Phi) is 11.8. The molecule has 0 heterocycles. The molecule has 0 amide bonds. The van der Waals surface area contributed by atoms with Crippen molar-refractivity contribution in [3.05, 3.63) is 35.9 Å². The Hall–Kier alpha value is -0.820. The number of hydrogen-bond acceptors (Lipinski definition) is 1. The van der Waals surface area contributed by atoms with Crippen LogP contribution in [0.5, 0.6) is 0 Å². The number of ether oxygens (including phenoxy) is 1. The number of benzene rings is 1. The Morgan fingerprint density at radius 1 is 0.667 bits per heavy atom. The summed E-state index contributed by atoms with van der Waals surface area (Å²) in [6, 6.07) is 10.4. The van der Waals surface area contributed by atoms with Crippen molar-refractivity contribution >= 4 is 0 Å². The summed E-state index contributed by atoms with van der Waals surface area (Å²) in [4.78, 5) is 0. The number of rotatable bonds is 17. The molecule has 0 fully saturated rings. The van der Waals surface area contributed by atoms with E-state index in [0.717, 1.165) is 26.1 Å². The van der Waals surface area contributed by atoms with E-state index < -0.39 is 6.85 Å². The third-order valence-corrected chi connectivity index (χ3v) is 4.58. The van der Waals surface area contributed by atoms with Gasteiger partial charge in [-0.2, -0.15) is 0 Å². The van der Waals surface area contributed by atoms with E-state index in [2.05, 4.69) is 24.3 Å². The average Bonchev–Trinajstić information content (AvgIpc) is 2.64. The molecule has 24 heavy (non-hydrogen) atoms. The van der Waals surface area contributed by atoms with Crippen LogP contribution >= 0.6 is 0 Å². The highest BCUT2D eigenvalue weighted by molar-refractivity contribution is 5.13. The maximum Gasteiger partial charge on any atom is 0.0716 e. The molecular weight excluding hydrogens is 292 g/mol. The van der Waals surface area contributed by atoms with E-state index in [4.69, 9.17) is 8.85 Å². The topological polar surface area (TPSA) is 9.23 Å². The van der Waals surface area contributed by atoms with Crippen LogP contribution in [0, 0.1) is 0 Å². The summed E-state index contributed by atoms with van der Waals surface area (Å²) in [6.45, 7) is -0.114. The molecular formula is C23H40O. The Morgan fingerprint density at radius 2 is 1.17 bits per heavy atom. The van der Waals surface area contributed by atoms with E-state index in [1.807, 2.05) is 6.07 Å². The second-order valence-corrected chi connectivity index (χ2v) is 6.88. The molecule has 0 saturated heterocycles. The van der Waals surface area contributed by atoms with E-state index in [1.54, 1.807) is 0 Å². The Balaban J connectivity index is 1.71. The molecule has 0 N–H and O–H groups in total. The van der Waals surface area contributed by atoms with Gasteiger partial charge in [0.2, 0.25) is 0 Å². The molecule has 1 rings (SSSR count). The lowest BCUT2D eigenvalue weighted by atomic mass is 10.0. The van der Waals surface area contributed by atoms with E-state index in [9.17, 15) is 0 Å². The molecule has 0 saturated carbocycles. The van der Waals surface area contributed by atoms with Crippen LogP contribution in [0.2, 0.25) is 0 Å². The van der Waals surface area contributed by atoms with Gasteiger partial charge in [-0.3, -0.25) is 0 Å². The quantitative estimate of drug-likeness (QED) is 0.265. The number of hydrogen-bond donors (Lipinski definition) is 0.